The number of fused-ring (bicyclic) bond motifs is 3. The van der Waals surface area contributed by atoms with Crippen molar-refractivity contribution in [2.24, 2.45) is 5.92 Å². The number of benzene rings is 1. The van der Waals surface area contributed by atoms with Gasteiger partial charge in [-0.15, -0.1) is 0 Å². The van der Waals surface area contributed by atoms with E-state index in [2.05, 4.69) is 10.2 Å². The maximum atomic E-state index is 13.3. The molecule has 2 bridgehead atoms. The van der Waals surface area contributed by atoms with E-state index in [0.29, 0.717) is 38.4 Å². The zero-order chi connectivity index (χ0) is 18.8. The third kappa shape index (κ3) is 3.86. The van der Waals surface area contributed by atoms with Crippen molar-refractivity contribution < 1.29 is 19.4 Å². The summed E-state index contributed by atoms with van der Waals surface area (Å²) in [5, 5.41) is 15.9. The highest BCUT2D eigenvalue weighted by Crippen LogP contribution is 2.24. The number of aromatic nitrogens is 2. The van der Waals surface area contributed by atoms with Crippen molar-refractivity contribution in [1.29, 1.82) is 0 Å². The van der Waals surface area contributed by atoms with Crippen molar-refractivity contribution >= 4 is 11.9 Å². The molecule has 0 radical (unpaired) electrons. The van der Waals surface area contributed by atoms with Gasteiger partial charge in [0.25, 0.3) is 5.91 Å². The van der Waals surface area contributed by atoms with Gasteiger partial charge in [0, 0.05) is 42.9 Å². The Hall–Kier alpha value is -2.71. The van der Waals surface area contributed by atoms with E-state index in [1.807, 2.05) is 34.1 Å². The van der Waals surface area contributed by atoms with Crippen LogP contribution >= 0.6 is 0 Å². The summed E-state index contributed by atoms with van der Waals surface area (Å²) in [4.78, 5) is 28.2. The van der Waals surface area contributed by atoms with Gasteiger partial charge < -0.3 is 14.7 Å². The number of ether oxygens (including phenoxy) is 1. The highest BCUT2D eigenvalue weighted by atomic mass is 16.5. The summed E-state index contributed by atoms with van der Waals surface area (Å²) in [6, 6.07) is 7.35. The van der Waals surface area contributed by atoms with E-state index in [9.17, 15) is 9.59 Å². The molecule has 0 spiro atoms. The van der Waals surface area contributed by atoms with Crippen LogP contribution in [0.5, 0.6) is 0 Å². The van der Waals surface area contributed by atoms with Crippen LogP contribution in [-0.4, -0.2) is 82.4 Å². The van der Waals surface area contributed by atoms with Crippen LogP contribution in [0.3, 0.4) is 0 Å². The van der Waals surface area contributed by atoms with Crippen molar-refractivity contribution in [1.82, 2.24) is 20.0 Å². The molecule has 1 amide bonds. The minimum atomic E-state index is -0.846. The fourth-order valence-corrected chi connectivity index (χ4v) is 3.92. The fraction of sp³-hybridized carbons (Fsp3) is 0.421. The Morgan fingerprint density at radius 1 is 1.22 bits per heavy atom. The minimum Gasteiger partial charge on any atom is -0.480 e. The van der Waals surface area contributed by atoms with Crippen molar-refractivity contribution in [3.8, 4) is 11.1 Å². The number of carboxylic acids is 1. The second-order valence-electron chi connectivity index (χ2n) is 7.17. The maximum absolute atomic E-state index is 13.3. The summed E-state index contributed by atoms with van der Waals surface area (Å²) in [5.74, 6) is -0.780. The first-order valence-corrected chi connectivity index (χ1v) is 9.02. The largest absolute Gasteiger partial charge is 0.480 e. The summed E-state index contributed by atoms with van der Waals surface area (Å²) in [6.45, 7) is 2.68. The third-order valence-corrected chi connectivity index (χ3v) is 5.11. The van der Waals surface area contributed by atoms with Crippen LogP contribution in [0.2, 0.25) is 0 Å². The summed E-state index contributed by atoms with van der Waals surface area (Å²) < 4.78 is 5.73. The number of aliphatic carboxylic acids is 1. The van der Waals surface area contributed by atoms with E-state index in [4.69, 9.17) is 9.84 Å². The average molecular weight is 370 g/mol. The molecule has 2 fully saturated rings. The smallest absolute Gasteiger partial charge is 0.317 e. The second-order valence-corrected chi connectivity index (χ2v) is 7.17. The van der Waals surface area contributed by atoms with Crippen LogP contribution in [0.25, 0.3) is 11.1 Å². The summed E-state index contributed by atoms with van der Waals surface area (Å²) in [6.07, 6.45) is 3.51. The molecule has 0 unspecified atom stereocenters. The summed E-state index contributed by atoms with van der Waals surface area (Å²) in [7, 11) is 0. The van der Waals surface area contributed by atoms with Crippen LogP contribution in [-0.2, 0) is 9.53 Å². The van der Waals surface area contributed by atoms with Crippen LogP contribution < -0.4 is 0 Å². The van der Waals surface area contributed by atoms with Gasteiger partial charge >= 0.3 is 5.97 Å². The number of nitrogens with zero attached hydrogens (tertiary/aromatic N) is 3. The van der Waals surface area contributed by atoms with Crippen LogP contribution in [0, 0.1) is 5.92 Å². The molecule has 8 heteroatoms. The van der Waals surface area contributed by atoms with Gasteiger partial charge in [-0.05, 0) is 17.7 Å². The molecule has 0 aliphatic carbocycles. The van der Waals surface area contributed by atoms with Gasteiger partial charge in [-0.25, -0.2) is 0 Å². The number of H-pyrrole nitrogens is 1. The third-order valence-electron chi connectivity index (χ3n) is 5.11. The quantitative estimate of drug-likeness (QED) is 0.831. The van der Waals surface area contributed by atoms with Crippen molar-refractivity contribution in [3.63, 3.8) is 0 Å². The first-order valence-electron chi connectivity index (χ1n) is 9.02. The van der Waals surface area contributed by atoms with Gasteiger partial charge in [0.05, 0.1) is 32.0 Å². The summed E-state index contributed by atoms with van der Waals surface area (Å²) in [5.41, 5.74) is 2.47. The number of hydrogen-bond acceptors (Lipinski definition) is 5. The topological polar surface area (TPSA) is 98.8 Å². The molecule has 4 rings (SSSR count). The van der Waals surface area contributed by atoms with Gasteiger partial charge in [-0.3, -0.25) is 19.6 Å². The normalized spacial score (nSPS) is 23.0. The number of aromatic amines is 1. The lowest BCUT2D eigenvalue weighted by molar-refractivity contribution is -0.138. The van der Waals surface area contributed by atoms with E-state index >= 15 is 0 Å². The minimum absolute atomic E-state index is 0.00892. The number of carbonyl (C=O) groups excluding carboxylic acids is 1. The first-order chi connectivity index (χ1) is 13.1. The molecule has 3 heterocycles. The Kier molecular flexibility index (Phi) is 4.91. The molecular weight excluding hydrogens is 348 g/mol. The Morgan fingerprint density at radius 2 is 2.11 bits per heavy atom. The second kappa shape index (κ2) is 7.50. The molecule has 1 aromatic carbocycles. The molecule has 2 N–H and O–H groups in total. The van der Waals surface area contributed by atoms with E-state index < -0.39 is 5.97 Å². The zero-order valence-electron chi connectivity index (χ0n) is 14.9. The lowest BCUT2D eigenvalue weighted by Crippen LogP contribution is -2.47. The van der Waals surface area contributed by atoms with Crippen LogP contribution in [0.4, 0.5) is 0 Å². The number of nitrogens with one attached hydrogen (secondary N) is 1. The lowest BCUT2D eigenvalue weighted by atomic mass is 10.0. The highest BCUT2D eigenvalue weighted by molar-refractivity contribution is 5.95. The van der Waals surface area contributed by atoms with Gasteiger partial charge in [-0.2, -0.15) is 5.10 Å². The Labute approximate surface area is 156 Å². The Balaban J connectivity index is 1.58. The SMILES string of the molecule is O=C(O)CN1C[C@@H]2COC[C@H](C1)N(C(=O)c1cccc(-c3cn[nH]c3)c1)C2. The molecule has 2 aliphatic rings. The van der Waals surface area contributed by atoms with Gasteiger partial charge in [0.15, 0.2) is 0 Å². The van der Waals surface area contributed by atoms with E-state index in [-0.39, 0.29) is 24.4 Å². The molecule has 27 heavy (non-hydrogen) atoms. The molecule has 2 aromatic rings. The van der Waals surface area contributed by atoms with Gasteiger partial charge in [-0.1, -0.05) is 12.1 Å². The van der Waals surface area contributed by atoms with Crippen molar-refractivity contribution in [2.75, 3.05) is 39.4 Å². The van der Waals surface area contributed by atoms with Crippen LogP contribution in [0.1, 0.15) is 10.4 Å². The zero-order valence-corrected chi connectivity index (χ0v) is 14.9. The number of carboxylic acid groups (broad SMARTS) is 1. The van der Waals surface area contributed by atoms with E-state index in [0.717, 1.165) is 11.1 Å². The lowest BCUT2D eigenvalue weighted by Gasteiger charge is -2.30. The Morgan fingerprint density at radius 3 is 2.89 bits per heavy atom. The maximum Gasteiger partial charge on any atom is 0.317 e. The monoisotopic (exact) mass is 370 g/mol. The summed E-state index contributed by atoms with van der Waals surface area (Å²) >= 11 is 0. The number of rotatable bonds is 4. The molecule has 1 aromatic heterocycles. The molecule has 8 nitrogen and oxygen atoms in total. The molecule has 2 aliphatic heterocycles. The number of amides is 1. The van der Waals surface area contributed by atoms with Crippen molar-refractivity contribution in [3.05, 3.63) is 42.2 Å². The predicted octanol–water partition coefficient (Wildman–Crippen LogP) is 0.934. The standard InChI is InChI=1S/C19H22N4O4/c24-18(25)10-22-7-13-8-23(17(9-22)12-27-11-13)19(26)15-3-1-2-14(4-15)16-5-20-21-6-16/h1-6,13,17H,7-12H2,(H,20,21)(H,24,25)/t13-,17-/m0/s1. The first kappa shape index (κ1) is 17.7. The number of carbonyl (C=O) groups is 2. The van der Waals surface area contributed by atoms with Crippen molar-refractivity contribution in [2.45, 2.75) is 6.04 Å². The Bertz CT molecular complexity index is 823. The fourth-order valence-electron chi connectivity index (χ4n) is 3.92. The molecular formula is C19H22N4O4. The van der Waals surface area contributed by atoms with E-state index in [1.165, 1.54) is 0 Å². The predicted molar refractivity (Wildman–Crippen MR) is 97.2 cm³/mol. The molecule has 0 saturated carbocycles. The highest BCUT2D eigenvalue weighted by Gasteiger charge is 2.36. The van der Waals surface area contributed by atoms with Crippen LogP contribution in [0.15, 0.2) is 36.7 Å². The molecule has 2 saturated heterocycles. The number of hydrogen-bond donors (Lipinski definition) is 2. The van der Waals surface area contributed by atoms with E-state index in [1.54, 1.807) is 12.4 Å². The average Bonchev–Trinajstić information content (AvgIpc) is 3.03. The molecule has 142 valence electrons. The van der Waals surface area contributed by atoms with Gasteiger partial charge in [0.1, 0.15) is 0 Å². The molecule has 2 atom stereocenters. The van der Waals surface area contributed by atoms with Gasteiger partial charge in [0.2, 0.25) is 0 Å².